The molecule has 4 heterocycles. The fourth-order valence-corrected chi connectivity index (χ4v) is 3.52. The van der Waals surface area contributed by atoms with Crippen molar-refractivity contribution in [2.45, 2.75) is 50.9 Å². The van der Waals surface area contributed by atoms with Gasteiger partial charge in [-0.05, 0) is 44.2 Å². The SMILES string of the molecule is Cc1ccc(C2(O)CCN(Cc3noc([C@H]4CCCO4)n3)CC2)nc1. The molecule has 4 rings (SSSR count). The van der Waals surface area contributed by atoms with E-state index in [9.17, 15) is 5.11 Å². The number of nitrogens with zero attached hydrogens (tertiary/aromatic N) is 4. The van der Waals surface area contributed by atoms with Crippen LogP contribution in [0.3, 0.4) is 0 Å². The molecule has 0 unspecified atom stereocenters. The second kappa shape index (κ2) is 6.82. The molecule has 2 aromatic rings. The Morgan fingerprint density at radius 3 is 2.84 bits per heavy atom. The number of hydrogen-bond acceptors (Lipinski definition) is 7. The van der Waals surface area contributed by atoms with Gasteiger partial charge in [0.05, 0.1) is 12.2 Å². The van der Waals surface area contributed by atoms with E-state index in [4.69, 9.17) is 9.26 Å². The fourth-order valence-electron chi connectivity index (χ4n) is 3.52. The van der Waals surface area contributed by atoms with Crippen LogP contribution in [0.1, 0.15) is 54.8 Å². The number of pyridine rings is 1. The number of aryl methyl sites for hydroxylation is 1. The topological polar surface area (TPSA) is 84.5 Å². The van der Waals surface area contributed by atoms with E-state index in [1.165, 1.54) is 0 Å². The number of likely N-dealkylation sites (tertiary alicyclic amines) is 1. The smallest absolute Gasteiger partial charge is 0.255 e. The molecule has 7 nitrogen and oxygen atoms in total. The van der Waals surface area contributed by atoms with Crippen LogP contribution < -0.4 is 0 Å². The minimum Gasteiger partial charge on any atom is -0.383 e. The number of piperidine rings is 1. The summed E-state index contributed by atoms with van der Waals surface area (Å²) in [6, 6.07) is 3.93. The standard InChI is InChI=1S/C18H24N4O3/c1-13-4-5-15(19-11-13)18(23)6-8-22(9-7-18)12-16-20-17(25-21-16)14-3-2-10-24-14/h4-5,11,14,23H,2-3,6-10,12H2,1H3/t14-/m1/s1. The van der Waals surface area contributed by atoms with Gasteiger partial charge in [0, 0.05) is 25.9 Å². The van der Waals surface area contributed by atoms with Crippen LogP contribution >= 0.6 is 0 Å². The second-order valence-corrected chi connectivity index (χ2v) is 7.08. The molecule has 0 amide bonds. The third-order valence-electron chi connectivity index (χ3n) is 5.13. The summed E-state index contributed by atoms with van der Waals surface area (Å²) in [5.41, 5.74) is 1.02. The highest BCUT2D eigenvalue weighted by atomic mass is 16.5. The summed E-state index contributed by atoms with van der Waals surface area (Å²) < 4.78 is 10.9. The van der Waals surface area contributed by atoms with E-state index >= 15 is 0 Å². The van der Waals surface area contributed by atoms with Crippen molar-refractivity contribution in [2.24, 2.45) is 0 Å². The molecule has 2 saturated heterocycles. The predicted octanol–water partition coefficient (Wildman–Crippen LogP) is 2.11. The van der Waals surface area contributed by atoms with Crippen LogP contribution in [0.5, 0.6) is 0 Å². The lowest BCUT2D eigenvalue weighted by atomic mass is 9.87. The van der Waals surface area contributed by atoms with Crippen molar-refractivity contribution < 1.29 is 14.4 Å². The lowest BCUT2D eigenvalue weighted by Crippen LogP contribution is -2.42. The molecule has 2 aliphatic rings. The van der Waals surface area contributed by atoms with Crippen LogP contribution in [0.15, 0.2) is 22.9 Å². The molecule has 2 fully saturated rings. The molecule has 2 aliphatic heterocycles. The van der Waals surface area contributed by atoms with Crippen molar-refractivity contribution in [2.75, 3.05) is 19.7 Å². The first kappa shape index (κ1) is 16.6. The zero-order valence-corrected chi connectivity index (χ0v) is 14.5. The maximum Gasteiger partial charge on any atom is 0.255 e. The van der Waals surface area contributed by atoms with Crippen molar-refractivity contribution in [1.29, 1.82) is 0 Å². The van der Waals surface area contributed by atoms with E-state index in [1.807, 2.05) is 25.3 Å². The zero-order chi connectivity index (χ0) is 17.3. The van der Waals surface area contributed by atoms with E-state index in [-0.39, 0.29) is 6.10 Å². The highest BCUT2D eigenvalue weighted by Crippen LogP contribution is 2.32. The molecule has 134 valence electrons. The third-order valence-corrected chi connectivity index (χ3v) is 5.13. The minimum absolute atomic E-state index is 0.0414. The Morgan fingerprint density at radius 2 is 2.16 bits per heavy atom. The Morgan fingerprint density at radius 1 is 1.32 bits per heavy atom. The van der Waals surface area contributed by atoms with Gasteiger partial charge in [-0.25, -0.2) is 0 Å². The molecular weight excluding hydrogens is 320 g/mol. The van der Waals surface area contributed by atoms with Crippen LogP contribution in [-0.4, -0.2) is 44.8 Å². The lowest BCUT2D eigenvalue weighted by molar-refractivity contribution is -0.0316. The number of rotatable bonds is 4. The van der Waals surface area contributed by atoms with Gasteiger partial charge in [0.2, 0.25) is 0 Å². The number of aliphatic hydroxyl groups is 1. The van der Waals surface area contributed by atoms with Crippen LogP contribution in [-0.2, 0) is 16.9 Å². The quantitative estimate of drug-likeness (QED) is 0.909. The van der Waals surface area contributed by atoms with Crippen molar-refractivity contribution in [1.82, 2.24) is 20.0 Å². The average molecular weight is 344 g/mol. The molecule has 0 aliphatic carbocycles. The molecule has 0 bridgehead atoms. The largest absolute Gasteiger partial charge is 0.383 e. The molecule has 7 heteroatoms. The summed E-state index contributed by atoms with van der Waals surface area (Å²) in [7, 11) is 0. The number of aromatic nitrogens is 3. The van der Waals surface area contributed by atoms with Crippen molar-refractivity contribution in [3.63, 3.8) is 0 Å². The summed E-state index contributed by atoms with van der Waals surface area (Å²) in [4.78, 5) is 11.1. The Bertz CT molecular complexity index is 701. The normalized spacial score (nSPS) is 23.8. The van der Waals surface area contributed by atoms with Gasteiger partial charge in [0.15, 0.2) is 5.82 Å². The molecule has 25 heavy (non-hydrogen) atoms. The molecule has 0 radical (unpaired) electrons. The highest BCUT2D eigenvalue weighted by molar-refractivity contribution is 5.18. The van der Waals surface area contributed by atoms with Crippen molar-refractivity contribution in [3.8, 4) is 0 Å². The second-order valence-electron chi connectivity index (χ2n) is 7.08. The molecule has 1 N–H and O–H groups in total. The maximum atomic E-state index is 10.9. The van der Waals surface area contributed by atoms with Crippen LogP contribution in [0, 0.1) is 6.92 Å². The summed E-state index contributed by atoms with van der Waals surface area (Å²) in [5, 5.41) is 15.0. The highest BCUT2D eigenvalue weighted by Gasteiger charge is 2.35. The lowest BCUT2D eigenvalue weighted by Gasteiger charge is -2.37. The van der Waals surface area contributed by atoms with Crippen molar-refractivity contribution in [3.05, 3.63) is 41.3 Å². The Kier molecular flexibility index (Phi) is 4.54. The third kappa shape index (κ3) is 3.58. The first-order chi connectivity index (χ1) is 12.1. The first-order valence-electron chi connectivity index (χ1n) is 8.94. The maximum absolute atomic E-state index is 10.9. The summed E-state index contributed by atoms with van der Waals surface area (Å²) in [6.45, 7) is 4.94. The van der Waals surface area contributed by atoms with Gasteiger partial charge in [0.1, 0.15) is 11.7 Å². The molecule has 2 aromatic heterocycles. The first-order valence-corrected chi connectivity index (χ1v) is 8.94. The van der Waals surface area contributed by atoms with Crippen LogP contribution in [0.2, 0.25) is 0 Å². The van der Waals surface area contributed by atoms with E-state index in [2.05, 4.69) is 20.0 Å². The van der Waals surface area contributed by atoms with E-state index < -0.39 is 5.60 Å². The van der Waals surface area contributed by atoms with E-state index in [0.717, 1.165) is 43.8 Å². The van der Waals surface area contributed by atoms with E-state index in [1.54, 1.807) is 0 Å². The van der Waals surface area contributed by atoms with Crippen LogP contribution in [0.25, 0.3) is 0 Å². The van der Waals surface area contributed by atoms with Gasteiger partial charge in [-0.15, -0.1) is 0 Å². The van der Waals surface area contributed by atoms with Gasteiger partial charge in [-0.1, -0.05) is 11.2 Å². The van der Waals surface area contributed by atoms with Gasteiger partial charge in [-0.3, -0.25) is 9.88 Å². The summed E-state index contributed by atoms with van der Waals surface area (Å²) >= 11 is 0. The summed E-state index contributed by atoms with van der Waals surface area (Å²) in [5.74, 6) is 1.27. The Hall–Kier alpha value is -1.83. The molecule has 0 spiro atoms. The molecule has 0 saturated carbocycles. The molecular formula is C18H24N4O3. The molecule has 0 aromatic carbocycles. The average Bonchev–Trinajstić information content (AvgIpc) is 3.29. The zero-order valence-electron chi connectivity index (χ0n) is 14.5. The van der Waals surface area contributed by atoms with Gasteiger partial charge >= 0.3 is 0 Å². The minimum atomic E-state index is -0.843. The Labute approximate surface area is 147 Å². The van der Waals surface area contributed by atoms with E-state index in [0.29, 0.717) is 31.1 Å². The summed E-state index contributed by atoms with van der Waals surface area (Å²) in [6.07, 6.45) is 5.06. The van der Waals surface area contributed by atoms with Crippen LogP contribution in [0.4, 0.5) is 0 Å². The predicted molar refractivity (Wildman–Crippen MR) is 89.6 cm³/mol. The Balaban J connectivity index is 1.35. The molecule has 1 atom stereocenters. The van der Waals surface area contributed by atoms with Crippen molar-refractivity contribution >= 4 is 0 Å². The van der Waals surface area contributed by atoms with Gasteiger partial charge in [0.25, 0.3) is 5.89 Å². The monoisotopic (exact) mass is 344 g/mol. The van der Waals surface area contributed by atoms with Gasteiger partial charge in [-0.2, -0.15) is 4.98 Å². The van der Waals surface area contributed by atoms with Gasteiger partial charge < -0.3 is 14.4 Å². The number of ether oxygens (including phenoxy) is 1. The number of hydrogen-bond donors (Lipinski definition) is 1. The fraction of sp³-hybridized carbons (Fsp3) is 0.611.